The minimum Gasteiger partial charge on any atom is -0.484 e. The first-order chi connectivity index (χ1) is 17.4. The van der Waals surface area contributed by atoms with Crippen molar-refractivity contribution in [2.24, 2.45) is 0 Å². The van der Waals surface area contributed by atoms with Crippen LogP contribution in [0.3, 0.4) is 0 Å². The quantitative estimate of drug-likeness (QED) is 0.331. The number of amides is 1. The van der Waals surface area contributed by atoms with Gasteiger partial charge in [-0.05, 0) is 59.9 Å². The Morgan fingerprint density at radius 2 is 1.69 bits per heavy atom. The smallest absolute Gasteiger partial charge is 0.262 e. The Kier molecular flexibility index (Phi) is 9.13. The first-order valence-electron chi connectivity index (χ1n) is 12.5. The fraction of sp³-hybridized carbons (Fsp3) is 0.345. The lowest BCUT2D eigenvalue weighted by Gasteiger charge is -2.36. The summed E-state index contributed by atoms with van der Waals surface area (Å²) in [6.45, 7) is 8.75. The van der Waals surface area contributed by atoms with E-state index in [0.717, 1.165) is 55.4 Å². The Morgan fingerprint density at radius 3 is 2.36 bits per heavy atom. The molecule has 1 fully saturated rings. The molecule has 1 aliphatic rings. The van der Waals surface area contributed by atoms with Gasteiger partial charge in [-0.1, -0.05) is 67.4 Å². The van der Waals surface area contributed by atoms with Crippen molar-refractivity contribution in [3.05, 3.63) is 87.9 Å². The normalized spacial score (nSPS) is 14.9. The van der Waals surface area contributed by atoms with Crippen molar-refractivity contribution in [3.8, 4) is 5.75 Å². The number of piperazine rings is 1. The molecule has 0 bridgehead atoms. The molecule has 0 unspecified atom stereocenters. The van der Waals surface area contributed by atoms with Crippen molar-refractivity contribution in [2.45, 2.75) is 32.7 Å². The highest BCUT2D eigenvalue weighted by molar-refractivity contribution is 6.33. The van der Waals surface area contributed by atoms with Gasteiger partial charge in [-0.25, -0.2) is 0 Å². The minimum absolute atomic E-state index is 0.0601. The van der Waals surface area contributed by atoms with Gasteiger partial charge in [0.15, 0.2) is 6.61 Å². The predicted octanol–water partition coefficient (Wildman–Crippen LogP) is 6.85. The Morgan fingerprint density at radius 1 is 0.972 bits per heavy atom. The van der Waals surface area contributed by atoms with Gasteiger partial charge >= 0.3 is 0 Å². The van der Waals surface area contributed by atoms with E-state index >= 15 is 0 Å². The molecule has 1 aliphatic heterocycles. The molecule has 3 aromatic carbocycles. The van der Waals surface area contributed by atoms with Gasteiger partial charge in [0, 0.05) is 43.4 Å². The second-order valence-corrected chi connectivity index (χ2v) is 10.1. The van der Waals surface area contributed by atoms with Crippen LogP contribution in [0.5, 0.6) is 5.75 Å². The van der Waals surface area contributed by atoms with Gasteiger partial charge in [0.2, 0.25) is 0 Å². The van der Waals surface area contributed by atoms with E-state index in [0.29, 0.717) is 22.4 Å². The molecule has 0 aromatic heterocycles. The second kappa shape index (κ2) is 12.5. The van der Waals surface area contributed by atoms with Gasteiger partial charge in [-0.15, -0.1) is 0 Å². The number of ether oxygens (including phenoxy) is 1. The van der Waals surface area contributed by atoms with Crippen LogP contribution >= 0.6 is 23.2 Å². The maximum Gasteiger partial charge on any atom is 0.262 e. The molecule has 1 atom stereocenters. The highest BCUT2D eigenvalue weighted by atomic mass is 35.5. The number of hydrogen-bond donors (Lipinski definition) is 1. The minimum atomic E-state index is -0.224. The standard InChI is InChI=1S/C29H33Cl2N3O2/c1-3-21(2)22-8-11-25(12-9-22)36-20-29(35)32-24-10-13-28(27(31)18-24)34-16-14-33(15-17-34)19-23-6-4-5-7-26(23)30/h4-13,18,21H,3,14-17,19-20H2,1-2H3,(H,32,35)/t21-/m1/s1. The fourth-order valence-corrected chi connectivity index (χ4v) is 4.83. The number of carbonyl (C=O) groups excluding carboxylic acids is 1. The summed E-state index contributed by atoms with van der Waals surface area (Å²) in [4.78, 5) is 17.1. The number of nitrogens with one attached hydrogen (secondary N) is 1. The molecule has 0 spiro atoms. The third kappa shape index (κ3) is 6.94. The summed E-state index contributed by atoms with van der Waals surface area (Å²) in [5, 5.41) is 4.30. The molecule has 1 saturated heterocycles. The fourth-order valence-electron chi connectivity index (χ4n) is 4.33. The summed E-state index contributed by atoms with van der Waals surface area (Å²) in [5.74, 6) is 0.963. The Hall–Kier alpha value is -2.73. The zero-order valence-corrected chi connectivity index (χ0v) is 22.4. The topological polar surface area (TPSA) is 44.8 Å². The summed E-state index contributed by atoms with van der Waals surface area (Å²) in [7, 11) is 0. The van der Waals surface area contributed by atoms with Crippen molar-refractivity contribution < 1.29 is 9.53 Å². The van der Waals surface area contributed by atoms with Gasteiger partial charge in [0.05, 0.1) is 10.7 Å². The monoisotopic (exact) mass is 525 g/mol. The first-order valence-corrected chi connectivity index (χ1v) is 13.2. The van der Waals surface area contributed by atoms with Crippen molar-refractivity contribution in [2.75, 3.05) is 43.0 Å². The van der Waals surface area contributed by atoms with Crippen molar-refractivity contribution in [3.63, 3.8) is 0 Å². The third-order valence-electron chi connectivity index (χ3n) is 6.73. The number of rotatable bonds is 9. The molecule has 36 heavy (non-hydrogen) atoms. The molecule has 3 aromatic rings. The van der Waals surface area contributed by atoms with Gasteiger partial charge in [0.25, 0.3) is 5.91 Å². The molecule has 0 radical (unpaired) electrons. The number of nitrogens with zero attached hydrogens (tertiary/aromatic N) is 2. The molecule has 1 heterocycles. The molecule has 190 valence electrons. The van der Waals surface area contributed by atoms with E-state index in [1.807, 2.05) is 42.5 Å². The molecular weight excluding hydrogens is 493 g/mol. The van der Waals surface area contributed by atoms with Crippen LogP contribution in [0.25, 0.3) is 0 Å². The molecule has 5 nitrogen and oxygen atoms in total. The lowest BCUT2D eigenvalue weighted by Crippen LogP contribution is -2.46. The Bertz CT molecular complexity index is 1160. The molecule has 7 heteroatoms. The van der Waals surface area contributed by atoms with Crippen molar-refractivity contribution >= 4 is 40.5 Å². The van der Waals surface area contributed by atoms with E-state index < -0.39 is 0 Å². The number of anilines is 2. The molecule has 4 rings (SSSR count). The van der Waals surface area contributed by atoms with Crippen LogP contribution < -0.4 is 15.0 Å². The highest BCUT2D eigenvalue weighted by Gasteiger charge is 2.20. The molecule has 1 amide bonds. The predicted molar refractivity (Wildman–Crippen MR) is 150 cm³/mol. The highest BCUT2D eigenvalue weighted by Crippen LogP contribution is 2.30. The van der Waals surface area contributed by atoms with Crippen LogP contribution in [0.4, 0.5) is 11.4 Å². The summed E-state index contributed by atoms with van der Waals surface area (Å²) in [5.41, 5.74) is 4.05. The van der Waals surface area contributed by atoms with Crippen LogP contribution in [0.15, 0.2) is 66.7 Å². The Labute approximate surface area is 224 Å². The van der Waals surface area contributed by atoms with Crippen LogP contribution in [0, 0.1) is 0 Å². The van der Waals surface area contributed by atoms with Crippen LogP contribution in [0.2, 0.25) is 10.0 Å². The number of hydrogen-bond acceptors (Lipinski definition) is 4. The van der Waals surface area contributed by atoms with E-state index in [1.165, 1.54) is 5.56 Å². The third-order valence-corrected chi connectivity index (χ3v) is 7.40. The molecule has 0 saturated carbocycles. The molecule has 0 aliphatic carbocycles. The number of halogens is 2. The van der Waals surface area contributed by atoms with Crippen LogP contribution in [-0.2, 0) is 11.3 Å². The van der Waals surface area contributed by atoms with E-state index in [-0.39, 0.29) is 12.5 Å². The van der Waals surface area contributed by atoms with E-state index in [2.05, 4.69) is 47.2 Å². The average molecular weight is 527 g/mol. The van der Waals surface area contributed by atoms with E-state index in [1.54, 1.807) is 6.07 Å². The maximum atomic E-state index is 12.4. The lowest BCUT2D eigenvalue weighted by atomic mass is 9.99. The number of benzene rings is 3. The lowest BCUT2D eigenvalue weighted by molar-refractivity contribution is -0.118. The summed E-state index contributed by atoms with van der Waals surface area (Å²) in [6, 6.07) is 21.6. The zero-order chi connectivity index (χ0) is 25.5. The summed E-state index contributed by atoms with van der Waals surface area (Å²) in [6.07, 6.45) is 1.09. The molecule has 1 N–H and O–H groups in total. The second-order valence-electron chi connectivity index (χ2n) is 9.24. The largest absolute Gasteiger partial charge is 0.484 e. The van der Waals surface area contributed by atoms with Gasteiger partial charge in [0.1, 0.15) is 5.75 Å². The average Bonchev–Trinajstić information content (AvgIpc) is 2.89. The van der Waals surface area contributed by atoms with Gasteiger partial charge < -0.3 is 15.0 Å². The maximum absolute atomic E-state index is 12.4. The van der Waals surface area contributed by atoms with Crippen molar-refractivity contribution in [1.82, 2.24) is 4.90 Å². The summed E-state index contributed by atoms with van der Waals surface area (Å²) < 4.78 is 5.65. The van der Waals surface area contributed by atoms with E-state index in [9.17, 15) is 4.79 Å². The van der Waals surface area contributed by atoms with Gasteiger partial charge in [-0.3, -0.25) is 9.69 Å². The van der Waals surface area contributed by atoms with E-state index in [4.69, 9.17) is 27.9 Å². The molecular formula is C29H33Cl2N3O2. The zero-order valence-electron chi connectivity index (χ0n) is 20.8. The number of carbonyl (C=O) groups is 1. The van der Waals surface area contributed by atoms with Gasteiger partial charge in [-0.2, -0.15) is 0 Å². The van der Waals surface area contributed by atoms with Crippen LogP contribution in [-0.4, -0.2) is 43.6 Å². The first kappa shape index (κ1) is 26.3. The van der Waals surface area contributed by atoms with Crippen LogP contribution in [0.1, 0.15) is 37.3 Å². The van der Waals surface area contributed by atoms with Crippen molar-refractivity contribution in [1.29, 1.82) is 0 Å². The SMILES string of the molecule is CC[C@@H](C)c1ccc(OCC(=O)Nc2ccc(N3CCN(Cc4ccccc4Cl)CC3)c(Cl)c2)cc1. The Balaban J connectivity index is 1.26. The summed E-state index contributed by atoms with van der Waals surface area (Å²) >= 11 is 12.9.